The van der Waals surface area contributed by atoms with Gasteiger partial charge in [0.15, 0.2) is 5.96 Å². The first-order chi connectivity index (χ1) is 13.8. The molecule has 1 fully saturated rings. The highest BCUT2D eigenvalue weighted by Gasteiger charge is 2.23. The summed E-state index contributed by atoms with van der Waals surface area (Å²) in [4.78, 5) is 18.6. The highest BCUT2D eigenvalue weighted by Crippen LogP contribution is 2.20. The van der Waals surface area contributed by atoms with E-state index in [0.29, 0.717) is 6.54 Å². The largest absolute Gasteiger partial charge is 0.369 e. The first-order valence-corrected chi connectivity index (χ1v) is 11.7. The van der Waals surface area contributed by atoms with E-state index in [0.717, 1.165) is 51.5 Å². The van der Waals surface area contributed by atoms with Crippen molar-refractivity contribution in [2.75, 3.05) is 32.4 Å². The van der Waals surface area contributed by atoms with Crippen LogP contribution < -0.4 is 16.4 Å². The van der Waals surface area contributed by atoms with Crippen LogP contribution in [0.3, 0.4) is 0 Å². The average molecular weight is 548 g/mol. The second kappa shape index (κ2) is 13.4. The Morgan fingerprint density at radius 1 is 1.33 bits per heavy atom. The predicted octanol–water partition coefficient (Wildman–Crippen LogP) is 3.20. The molecule has 1 aromatic rings. The Morgan fingerprint density at radius 3 is 2.73 bits per heavy atom. The van der Waals surface area contributed by atoms with Gasteiger partial charge in [0.25, 0.3) is 0 Å². The van der Waals surface area contributed by atoms with E-state index in [1.54, 1.807) is 0 Å². The molecule has 2 rings (SSSR count). The maximum absolute atomic E-state index is 11.5. The number of nitrogens with two attached hydrogens (primary N) is 1. The molecular formula is C22H38IN5OS. The number of nitrogens with zero attached hydrogens (tertiary/aromatic N) is 2. The fourth-order valence-corrected chi connectivity index (χ4v) is 3.61. The zero-order valence-electron chi connectivity index (χ0n) is 18.7. The molecule has 0 bridgehead atoms. The number of likely N-dealkylation sites (tertiary alicyclic amines) is 1. The van der Waals surface area contributed by atoms with Gasteiger partial charge >= 0.3 is 0 Å². The highest BCUT2D eigenvalue weighted by atomic mass is 127. The minimum Gasteiger partial charge on any atom is -0.369 e. The lowest BCUT2D eigenvalue weighted by Gasteiger charge is -2.31. The molecule has 0 saturated carbocycles. The molecule has 6 nitrogen and oxygen atoms in total. The molecular weight excluding hydrogens is 509 g/mol. The SMILES string of the molecule is CCNC(=NCc1cccc(CN2CCCC(C(N)=O)C2)c1)NCC(C)(C)SC.I. The third-order valence-electron chi connectivity index (χ3n) is 5.30. The summed E-state index contributed by atoms with van der Waals surface area (Å²) in [5.41, 5.74) is 7.95. The van der Waals surface area contributed by atoms with Gasteiger partial charge in [-0.25, -0.2) is 4.99 Å². The second-order valence-electron chi connectivity index (χ2n) is 8.31. The van der Waals surface area contributed by atoms with Crippen LogP contribution in [0.4, 0.5) is 0 Å². The van der Waals surface area contributed by atoms with Crippen LogP contribution in [0.15, 0.2) is 29.3 Å². The molecule has 1 aliphatic heterocycles. The number of hydrogen-bond donors (Lipinski definition) is 3. The molecule has 30 heavy (non-hydrogen) atoms. The molecule has 170 valence electrons. The fraction of sp³-hybridized carbons (Fsp3) is 0.636. The van der Waals surface area contributed by atoms with E-state index in [9.17, 15) is 4.79 Å². The number of rotatable bonds is 9. The number of carbonyl (C=O) groups is 1. The summed E-state index contributed by atoms with van der Waals surface area (Å²) < 4.78 is 0.160. The van der Waals surface area contributed by atoms with Crippen molar-refractivity contribution in [1.82, 2.24) is 15.5 Å². The first-order valence-electron chi connectivity index (χ1n) is 10.5. The molecule has 1 saturated heterocycles. The number of amides is 1. The molecule has 4 N–H and O–H groups in total. The molecule has 1 aliphatic rings. The molecule has 0 aliphatic carbocycles. The zero-order valence-corrected chi connectivity index (χ0v) is 21.9. The Kier molecular flexibility index (Phi) is 12.1. The van der Waals surface area contributed by atoms with Crippen molar-refractivity contribution in [3.05, 3.63) is 35.4 Å². The van der Waals surface area contributed by atoms with Crippen molar-refractivity contribution in [1.29, 1.82) is 0 Å². The number of halogens is 1. The molecule has 0 radical (unpaired) electrons. The van der Waals surface area contributed by atoms with Crippen molar-refractivity contribution in [2.45, 2.75) is 51.4 Å². The molecule has 1 unspecified atom stereocenters. The number of aliphatic imine (C=N–C) groups is 1. The average Bonchev–Trinajstić information content (AvgIpc) is 2.70. The van der Waals surface area contributed by atoms with Gasteiger partial charge in [0.1, 0.15) is 0 Å². The number of benzene rings is 1. The van der Waals surface area contributed by atoms with Gasteiger partial charge in [-0.2, -0.15) is 11.8 Å². The summed E-state index contributed by atoms with van der Waals surface area (Å²) in [6, 6.07) is 8.57. The predicted molar refractivity (Wildman–Crippen MR) is 139 cm³/mol. The van der Waals surface area contributed by atoms with E-state index in [1.165, 1.54) is 11.1 Å². The van der Waals surface area contributed by atoms with E-state index >= 15 is 0 Å². The van der Waals surface area contributed by atoms with Crippen LogP contribution in [0, 0.1) is 5.92 Å². The van der Waals surface area contributed by atoms with Crippen LogP contribution in [0.5, 0.6) is 0 Å². The van der Waals surface area contributed by atoms with Crippen molar-refractivity contribution in [2.24, 2.45) is 16.6 Å². The number of guanidine groups is 1. The van der Waals surface area contributed by atoms with Crippen molar-refractivity contribution >= 4 is 47.6 Å². The Morgan fingerprint density at radius 2 is 2.07 bits per heavy atom. The summed E-state index contributed by atoms with van der Waals surface area (Å²) in [7, 11) is 0. The maximum Gasteiger partial charge on any atom is 0.221 e. The molecule has 1 aromatic carbocycles. The van der Waals surface area contributed by atoms with Crippen LogP contribution in [0.25, 0.3) is 0 Å². The van der Waals surface area contributed by atoms with Crippen LogP contribution in [0.2, 0.25) is 0 Å². The zero-order chi connectivity index (χ0) is 21.3. The summed E-state index contributed by atoms with van der Waals surface area (Å²) in [6.07, 6.45) is 4.07. The fourth-order valence-electron chi connectivity index (χ4n) is 3.40. The number of nitrogens with one attached hydrogen (secondary N) is 2. The lowest BCUT2D eigenvalue weighted by molar-refractivity contribution is -0.123. The maximum atomic E-state index is 11.5. The van der Waals surface area contributed by atoms with Gasteiger partial charge in [-0.05, 0) is 57.5 Å². The lowest BCUT2D eigenvalue weighted by Crippen LogP contribution is -2.43. The van der Waals surface area contributed by atoms with Crippen LogP contribution >= 0.6 is 35.7 Å². The standard InChI is InChI=1S/C22H37N5OS.HI/c1-5-24-21(26-16-22(2,3)29-4)25-13-17-8-6-9-18(12-17)14-27-11-7-10-19(15-27)20(23)28;/h6,8-9,12,19H,5,7,10-11,13-16H2,1-4H3,(H2,23,28)(H2,24,25,26);1H. The number of thioether (sulfide) groups is 1. The smallest absolute Gasteiger partial charge is 0.221 e. The van der Waals surface area contributed by atoms with E-state index < -0.39 is 0 Å². The Balaban J connectivity index is 0.00000450. The molecule has 0 aromatic heterocycles. The minimum atomic E-state index is -0.175. The van der Waals surface area contributed by atoms with Gasteiger partial charge in [-0.3, -0.25) is 9.69 Å². The Labute approximate surface area is 203 Å². The highest BCUT2D eigenvalue weighted by molar-refractivity contribution is 14.0. The van der Waals surface area contributed by atoms with Gasteiger partial charge in [0.2, 0.25) is 5.91 Å². The molecule has 8 heteroatoms. The summed E-state index contributed by atoms with van der Waals surface area (Å²) in [5.74, 6) is 0.655. The third kappa shape index (κ3) is 9.43. The first kappa shape index (κ1) is 27.0. The number of hydrogen-bond acceptors (Lipinski definition) is 4. The van der Waals surface area contributed by atoms with Crippen molar-refractivity contribution in [3.8, 4) is 0 Å². The summed E-state index contributed by atoms with van der Waals surface area (Å²) in [6.45, 7) is 11.5. The lowest BCUT2D eigenvalue weighted by atomic mass is 9.97. The Hall–Kier alpha value is -1.00. The van der Waals surface area contributed by atoms with Crippen LogP contribution in [-0.2, 0) is 17.9 Å². The summed E-state index contributed by atoms with van der Waals surface area (Å²) in [5, 5.41) is 6.77. The van der Waals surface area contributed by atoms with Gasteiger partial charge in [-0.1, -0.05) is 24.3 Å². The Bertz CT molecular complexity index is 698. The van der Waals surface area contributed by atoms with Crippen LogP contribution in [-0.4, -0.2) is 53.9 Å². The normalized spacial score (nSPS) is 17.9. The van der Waals surface area contributed by atoms with E-state index in [-0.39, 0.29) is 40.5 Å². The van der Waals surface area contributed by atoms with Gasteiger partial charge in [0, 0.05) is 30.9 Å². The van der Waals surface area contributed by atoms with E-state index in [1.807, 2.05) is 11.8 Å². The molecule has 1 amide bonds. The second-order valence-corrected chi connectivity index (χ2v) is 9.82. The monoisotopic (exact) mass is 547 g/mol. The van der Waals surface area contributed by atoms with Gasteiger partial charge in [-0.15, -0.1) is 24.0 Å². The van der Waals surface area contributed by atoms with Crippen LogP contribution in [0.1, 0.15) is 44.7 Å². The quantitative estimate of drug-likeness (QED) is 0.251. The van der Waals surface area contributed by atoms with Crippen molar-refractivity contribution < 1.29 is 4.79 Å². The topological polar surface area (TPSA) is 82.8 Å². The van der Waals surface area contributed by atoms with E-state index in [4.69, 9.17) is 10.7 Å². The third-order valence-corrected chi connectivity index (χ3v) is 6.55. The summed E-state index contributed by atoms with van der Waals surface area (Å²) >= 11 is 1.84. The number of piperidine rings is 1. The molecule has 0 spiro atoms. The molecule has 1 heterocycles. The van der Waals surface area contributed by atoms with Gasteiger partial charge < -0.3 is 16.4 Å². The number of primary amides is 1. The van der Waals surface area contributed by atoms with Gasteiger partial charge in [0.05, 0.1) is 12.5 Å². The molecule has 1 atom stereocenters. The van der Waals surface area contributed by atoms with E-state index in [2.05, 4.69) is 66.8 Å². The number of carbonyl (C=O) groups excluding carboxylic acids is 1. The van der Waals surface area contributed by atoms with Crippen molar-refractivity contribution in [3.63, 3.8) is 0 Å². The minimum absolute atomic E-state index is 0.